The van der Waals surface area contributed by atoms with Crippen LogP contribution in [-0.2, 0) is 0 Å². The second-order valence-electron chi connectivity index (χ2n) is 8.95. The maximum atomic E-state index is 2.28. The number of rotatable bonds is 5. The summed E-state index contributed by atoms with van der Waals surface area (Å²) in [5, 5.41) is 0. The van der Waals surface area contributed by atoms with E-state index in [1.54, 1.807) is 0 Å². The predicted octanol–water partition coefficient (Wildman–Crippen LogP) is 10.0. The monoisotopic (exact) mass is 458 g/mol. The Kier molecular flexibility index (Phi) is 6.00. The zero-order valence-electron chi connectivity index (χ0n) is 20.0. The maximum Gasteiger partial charge on any atom is -0.00206 e. The lowest BCUT2D eigenvalue weighted by Gasteiger charge is -2.21. The molecule has 0 saturated heterocycles. The molecule has 0 aliphatic heterocycles. The fourth-order valence-corrected chi connectivity index (χ4v) is 4.98. The standard InChI is InChI=1S/C36H26/c1-5-13-27(14-6-1)28-21-23-32(24-22-28)36-34(30-17-9-3-10-18-30)26-25-33(29-15-7-2-8-16-29)35(36)31-19-11-4-12-20-31/h1-26H. The molecule has 170 valence electrons. The largest absolute Gasteiger partial charge is 0.0622 e. The van der Waals surface area contributed by atoms with Gasteiger partial charge in [0, 0.05) is 0 Å². The van der Waals surface area contributed by atoms with Crippen molar-refractivity contribution in [3.05, 3.63) is 158 Å². The van der Waals surface area contributed by atoms with Gasteiger partial charge in [0.2, 0.25) is 0 Å². The van der Waals surface area contributed by atoms with Gasteiger partial charge in [0.15, 0.2) is 0 Å². The molecule has 0 saturated carbocycles. The summed E-state index contributed by atoms with van der Waals surface area (Å²) in [6.45, 7) is 0. The summed E-state index contributed by atoms with van der Waals surface area (Å²) in [6, 6.07) is 56.3. The molecule has 0 unspecified atom stereocenters. The van der Waals surface area contributed by atoms with Crippen molar-refractivity contribution in [3.63, 3.8) is 0 Å². The van der Waals surface area contributed by atoms with Gasteiger partial charge in [-0.15, -0.1) is 0 Å². The summed E-state index contributed by atoms with van der Waals surface area (Å²) >= 11 is 0. The second-order valence-corrected chi connectivity index (χ2v) is 8.95. The van der Waals surface area contributed by atoms with Crippen LogP contribution in [-0.4, -0.2) is 0 Å². The number of hydrogen-bond acceptors (Lipinski definition) is 0. The van der Waals surface area contributed by atoms with E-state index in [9.17, 15) is 0 Å². The summed E-state index contributed by atoms with van der Waals surface area (Å²) < 4.78 is 0. The van der Waals surface area contributed by atoms with Crippen molar-refractivity contribution in [2.24, 2.45) is 0 Å². The summed E-state index contributed by atoms with van der Waals surface area (Å²) in [7, 11) is 0. The van der Waals surface area contributed by atoms with Crippen LogP contribution in [0.3, 0.4) is 0 Å². The first-order valence-electron chi connectivity index (χ1n) is 12.4. The zero-order valence-corrected chi connectivity index (χ0v) is 20.0. The van der Waals surface area contributed by atoms with Crippen molar-refractivity contribution in [2.45, 2.75) is 0 Å². The van der Waals surface area contributed by atoms with Crippen LogP contribution < -0.4 is 0 Å². The van der Waals surface area contributed by atoms with Gasteiger partial charge in [-0.2, -0.15) is 0 Å². The minimum absolute atomic E-state index is 1.21. The minimum atomic E-state index is 1.21. The third-order valence-electron chi connectivity index (χ3n) is 6.72. The van der Waals surface area contributed by atoms with Crippen LogP contribution >= 0.6 is 0 Å². The summed E-state index contributed by atoms with van der Waals surface area (Å²) in [4.78, 5) is 0. The Labute approximate surface area is 213 Å². The molecule has 0 heterocycles. The van der Waals surface area contributed by atoms with Crippen LogP contribution in [0.1, 0.15) is 0 Å². The number of hydrogen-bond donors (Lipinski definition) is 0. The molecule has 36 heavy (non-hydrogen) atoms. The molecule has 6 aromatic carbocycles. The van der Waals surface area contributed by atoms with Gasteiger partial charge in [-0.05, 0) is 55.6 Å². The Balaban J connectivity index is 1.64. The molecule has 0 fully saturated rings. The van der Waals surface area contributed by atoms with Crippen LogP contribution in [0.15, 0.2) is 158 Å². The third kappa shape index (κ3) is 4.26. The molecule has 0 heteroatoms. The molecule has 6 aromatic rings. The lowest BCUT2D eigenvalue weighted by Crippen LogP contribution is -1.94. The molecule has 0 amide bonds. The molecule has 0 aliphatic carbocycles. The van der Waals surface area contributed by atoms with E-state index in [0.29, 0.717) is 0 Å². The topological polar surface area (TPSA) is 0 Å². The third-order valence-corrected chi connectivity index (χ3v) is 6.72. The highest BCUT2D eigenvalue weighted by Gasteiger charge is 2.19. The molecule has 6 rings (SSSR count). The van der Waals surface area contributed by atoms with Crippen molar-refractivity contribution in [1.29, 1.82) is 0 Å². The second kappa shape index (κ2) is 9.90. The van der Waals surface area contributed by atoms with Crippen LogP contribution in [0.4, 0.5) is 0 Å². The molecular formula is C36H26. The maximum absolute atomic E-state index is 2.28. The van der Waals surface area contributed by atoms with Gasteiger partial charge in [-0.25, -0.2) is 0 Å². The van der Waals surface area contributed by atoms with Gasteiger partial charge in [-0.3, -0.25) is 0 Å². The van der Waals surface area contributed by atoms with Crippen LogP contribution in [0, 0.1) is 0 Å². The lowest BCUT2D eigenvalue weighted by molar-refractivity contribution is 1.54. The smallest absolute Gasteiger partial charge is 0.00206 e. The van der Waals surface area contributed by atoms with Crippen molar-refractivity contribution in [3.8, 4) is 55.6 Å². The van der Waals surface area contributed by atoms with Gasteiger partial charge in [0.1, 0.15) is 0 Å². The van der Waals surface area contributed by atoms with Crippen LogP contribution in [0.5, 0.6) is 0 Å². The van der Waals surface area contributed by atoms with Gasteiger partial charge in [0.25, 0.3) is 0 Å². The summed E-state index contributed by atoms with van der Waals surface area (Å²) in [5.41, 5.74) is 12.3. The van der Waals surface area contributed by atoms with E-state index in [-0.39, 0.29) is 0 Å². The molecular weight excluding hydrogens is 432 g/mol. The minimum Gasteiger partial charge on any atom is -0.0622 e. The van der Waals surface area contributed by atoms with E-state index >= 15 is 0 Å². The first kappa shape index (κ1) is 21.8. The molecule has 0 bridgehead atoms. The molecule has 0 nitrogen and oxygen atoms in total. The van der Waals surface area contributed by atoms with Gasteiger partial charge >= 0.3 is 0 Å². The Morgan fingerprint density at radius 3 is 0.889 bits per heavy atom. The Hall–Kier alpha value is -4.68. The molecule has 0 spiro atoms. The summed E-state index contributed by atoms with van der Waals surface area (Å²) in [5.74, 6) is 0. The highest BCUT2D eigenvalue weighted by atomic mass is 14.2. The first-order chi connectivity index (χ1) is 17.9. The van der Waals surface area contributed by atoms with Crippen LogP contribution in [0.25, 0.3) is 55.6 Å². The fraction of sp³-hybridized carbons (Fsp3) is 0. The lowest BCUT2D eigenvalue weighted by atomic mass is 9.82. The van der Waals surface area contributed by atoms with Gasteiger partial charge in [-0.1, -0.05) is 158 Å². The van der Waals surface area contributed by atoms with Crippen molar-refractivity contribution in [2.75, 3.05) is 0 Å². The first-order valence-corrected chi connectivity index (χ1v) is 12.4. The average Bonchev–Trinajstić information content (AvgIpc) is 2.98. The van der Waals surface area contributed by atoms with E-state index < -0.39 is 0 Å². The normalized spacial score (nSPS) is 10.8. The van der Waals surface area contributed by atoms with E-state index in [2.05, 4.69) is 158 Å². The highest BCUT2D eigenvalue weighted by molar-refractivity contribution is 6.01. The van der Waals surface area contributed by atoms with Crippen molar-refractivity contribution in [1.82, 2.24) is 0 Å². The Bertz CT molecular complexity index is 1570. The predicted molar refractivity (Wildman–Crippen MR) is 154 cm³/mol. The summed E-state index contributed by atoms with van der Waals surface area (Å²) in [6.07, 6.45) is 0. The van der Waals surface area contributed by atoms with E-state index in [1.807, 2.05) is 0 Å². The molecule has 0 atom stereocenters. The van der Waals surface area contributed by atoms with E-state index in [4.69, 9.17) is 0 Å². The van der Waals surface area contributed by atoms with Crippen LogP contribution in [0.2, 0.25) is 0 Å². The Morgan fingerprint density at radius 1 is 0.194 bits per heavy atom. The van der Waals surface area contributed by atoms with Gasteiger partial charge < -0.3 is 0 Å². The average molecular weight is 459 g/mol. The van der Waals surface area contributed by atoms with Crippen molar-refractivity contribution < 1.29 is 0 Å². The highest BCUT2D eigenvalue weighted by Crippen LogP contribution is 2.45. The molecule has 0 radical (unpaired) electrons. The fourth-order valence-electron chi connectivity index (χ4n) is 4.98. The molecule has 0 N–H and O–H groups in total. The van der Waals surface area contributed by atoms with Crippen molar-refractivity contribution >= 4 is 0 Å². The Morgan fingerprint density at radius 2 is 0.472 bits per heavy atom. The zero-order chi connectivity index (χ0) is 24.2. The molecule has 0 aromatic heterocycles. The quantitative estimate of drug-likeness (QED) is 0.241. The number of benzene rings is 6. The van der Waals surface area contributed by atoms with E-state index in [0.717, 1.165) is 0 Å². The van der Waals surface area contributed by atoms with Gasteiger partial charge in [0.05, 0.1) is 0 Å². The SMILES string of the molecule is c1ccc(-c2ccc(-c3c(-c4ccccc4)ccc(-c4ccccc4)c3-c3ccccc3)cc2)cc1. The van der Waals surface area contributed by atoms with E-state index in [1.165, 1.54) is 55.6 Å². The molecule has 0 aliphatic rings.